The van der Waals surface area contributed by atoms with Gasteiger partial charge in [-0.3, -0.25) is 0 Å². The molecule has 1 rings (SSSR count). The maximum absolute atomic E-state index is 9.41. The summed E-state index contributed by atoms with van der Waals surface area (Å²) in [7, 11) is 0. The van der Waals surface area contributed by atoms with Gasteiger partial charge in [0.1, 0.15) is 0 Å². The van der Waals surface area contributed by atoms with E-state index in [9.17, 15) is 5.11 Å². The summed E-state index contributed by atoms with van der Waals surface area (Å²) < 4.78 is 0. The zero-order chi connectivity index (χ0) is 13.5. The average Bonchev–Trinajstić information content (AvgIpc) is 2.35. The maximum atomic E-state index is 9.41. The van der Waals surface area contributed by atoms with E-state index in [0.29, 0.717) is 12.1 Å². The van der Waals surface area contributed by atoms with Crippen molar-refractivity contribution in [1.29, 1.82) is 0 Å². The lowest BCUT2D eigenvalue weighted by molar-refractivity contribution is 0.167. The van der Waals surface area contributed by atoms with Gasteiger partial charge in [0.25, 0.3) is 0 Å². The molecule has 3 atom stereocenters. The molecule has 0 bridgehead atoms. The second kappa shape index (κ2) is 7.55. The molecular weight excluding hydrogens is 222 g/mol. The van der Waals surface area contributed by atoms with Gasteiger partial charge in [0, 0.05) is 12.1 Å². The first-order valence-corrected chi connectivity index (χ1v) is 7.09. The lowest BCUT2D eigenvalue weighted by Gasteiger charge is -2.23. The molecule has 0 saturated heterocycles. The Morgan fingerprint density at radius 3 is 2.17 bits per heavy atom. The molecule has 0 amide bonds. The van der Waals surface area contributed by atoms with Crippen LogP contribution in [0.5, 0.6) is 0 Å². The van der Waals surface area contributed by atoms with Gasteiger partial charge in [0.2, 0.25) is 0 Å². The van der Waals surface area contributed by atoms with Gasteiger partial charge in [-0.15, -0.1) is 0 Å². The standard InChI is InChI=1S/C16H27NO/c1-5-14-7-9-15(10-8-14)16(6-2)17-12(3)11-13(4)18/h7-10,12-13,16-18H,5-6,11H2,1-4H3. The number of aliphatic hydroxyl groups is 1. The first-order chi connectivity index (χ1) is 8.56. The zero-order valence-electron chi connectivity index (χ0n) is 12.1. The van der Waals surface area contributed by atoms with Crippen LogP contribution in [0.2, 0.25) is 0 Å². The van der Waals surface area contributed by atoms with Crippen LogP contribution in [0, 0.1) is 0 Å². The Hall–Kier alpha value is -0.860. The predicted octanol–water partition coefficient (Wildman–Crippen LogP) is 3.45. The minimum atomic E-state index is -0.243. The van der Waals surface area contributed by atoms with Crippen molar-refractivity contribution in [3.8, 4) is 0 Å². The van der Waals surface area contributed by atoms with Gasteiger partial charge in [-0.2, -0.15) is 0 Å². The largest absolute Gasteiger partial charge is 0.393 e. The Balaban J connectivity index is 2.64. The molecule has 2 N–H and O–H groups in total. The zero-order valence-corrected chi connectivity index (χ0v) is 12.1. The summed E-state index contributed by atoms with van der Waals surface area (Å²) in [6, 6.07) is 9.56. The predicted molar refractivity (Wildman–Crippen MR) is 77.7 cm³/mol. The molecule has 0 heterocycles. The van der Waals surface area contributed by atoms with Gasteiger partial charge in [0.15, 0.2) is 0 Å². The summed E-state index contributed by atoms with van der Waals surface area (Å²) in [5.74, 6) is 0. The van der Waals surface area contributed by atoms with E-state index in [1.165, 1.54) is 11.1 Å². The van der Waals surface area contributed by atoms with Crippen molar-refractivity contribution in [2.45, 2.75) is 65.1 Å². The van der Waals surface area contributed by atoms with Gasteiger partial charge in [-0.05, 0) is 44.2 Å². The summed E-state index contributed by atoms with van der Waals surface area (Å²) in [4.78, 5) is 0. The van der Waals surface area contributed by atoms with Crippen molar-refractivity contribution < 1.29 is 5.11 Å². The molecule has 0 aliphatic heterocycles. The van der Waals surface area contributed by atoms with Crippen molar-refractivity contribution in [2.75, 3.05) is 0 Å². The maximum Gasteiger partial charge on any atom is 0.0526 e. The van der Waals surface area contributed by atoms with E-state index in [2.05, 4.69) is 50.4 Å². The highest BCUT2D eigenvalue weighted by Crippen LogP contribution is 2.19. The molecule has 1 aromatic rings. The van der Waals surface area contributed by atoms with Crippen LogP contribution in [0.25, 0.3) is 0 Å². The topological polar surface area (TPSA) is 32.3 Å². The Labute approximate surface area is 111 Å². The molecule has 0 aromatic heterocycles. The fourth-order valence-electron chi connectivity index (χ4n) is 2.36. The summed E-state index contributed by atoms with van der Waals surface area (Å²) in [6.07, 6.45) is 2.70. The first kappa shape index (κ1) is 15.2. The van der Waals surface area contributed by atoms with Crippen LogP contribution in [0.3, 0.4) is 0 Å². The fourth-order valence-corrected chi connectivity index (χ4v) is 2.36. The highest BCUT2D eigenvalue weighted by atomic mass is 16.3. The molecule has 3 unspecified atom stereocenters. The van der Waals surface area contributed by atoms with E-state index in [1.807, 2.05) is 6.92 Å². The van der Waals surface area contributed by atoms with E-state index < -0.39 is 0 Å². The quantitative estimate of drug-likeness (QED) is 0.775. The van der Waals surface area contributed by atoms with E-state index in [-0.39, 0.29) is 6.10 Å². The van der Waals surface area contributed by atoms with Crippen LogP contribution in [-0.4, -0.2) is 17.3 Å². The Bertz CT molecular complexity index is 331. The molecule has 1 aromatic carbocycles. The van der Waals surface area contributed by atoms with Gasteiger partial charge in [-0.25, -0.2) is 0 Å². The van der Waals surface area contributed by atoms with Gasteiger partial charge in [0.05, 0.1) is 6.10 Å². The van der Waals surface area contributed by atoms with E-state index in [0.717, 1.165) is 19.3 Å². The van der Waals surface area contributed by atoms with Crippen LogP contribution in [-0.2, 0) is 6.42 Å². The Morgan fingerprint density at radius 1 is 1.11 bits per heavy atom. The first-order valence-electron chi connectivity index (χ1n) is 7.09. The average molecular weight is 249 g/mol. The number of nitrogens with one attached hydrogen (secondary N) is 1. The molecule has 2 heteroatoms. The van der Waals surface area contributed by atoms with Crippen LogP contribution in [0.1, 0.15) is 57.7 Å². The molecular formula is C16H27NO. The number of rotatable bonds is 7. The lowest BCUT2D eigenvalue weighted by Crippen LogP contribution is -2.32. The number of aryl methyl sites for hydroxylation is 1. The molecule has 0 saturated carbocycles. The Morgan fingerprint density at radius 2 is 1.72 bits per heavy atom. The second-order valence-corrected chi connectivity index (χ2v) is 5.21. The van der Waals surface area contributed by atoms with Crippen LogP contribution in [0.15, 0.2) is 24.3 Å². The van der Waals surface area contributed by atoms with Gasteiger partial charge in [-0.1, -0.05) is 38.1 Å². The molecule has 0 aliphatic rings. The third kappa shape index (κ3) is 4.79. The van der Waals surface area contributed by atoms with E-state index >= 15 is 0 Å². The third-order valence-electron chi connectivity index (χ3n) is 3.38. The molecule has 18 heavy (non-hydrogen) atoms. The second-order valence-electron chi connectivity index (χ2n) is 5.21. The van der Waals surface area contributed by atoms with E-state index in [1.54, 1.807) is 0 Å². The summed E-state index contributed by atoms with van der Waals surface area (Å²) in [5, 5.41) is 13.0. The van der Waals surface area contributed by atoms with Gasteiger partial charge < -0.3 is 10.4 Å². The third-order valence-corrected chi connectivity index (χ3v) is 3.38. The number of aliphatic hydroxyl groups excluding tert-OH is 1. The molecule has 0 radical (unpaired) electrons. The number of hydrogen-bond acceptors (Lipinski definition) is 2. The minimum absolute atomic E-state index is 0.243. The molecule has 0 fully saturated rings. The van der Waals surface area contributed by atoms with Crippen molar-refractivity contribution >= 4 is 0 Å². The number of hydrogen-bond donors (Lipinski definition) is 2. The highest BCUT2D eigenvalue weighted by Gasteiger charge is 2.13. The minimum Gasteiger partial charge on any atom is -0.393 e. The van der Waals surface area contributed by atoms with Crippen LogP contribution < -0.4 is 5.32 Å². The van der Waals surface area contributed by atoms with E-state index in [4.69, 9.17) is 0 Å². The van der Waals surface area contributed by atoms with Crippen LogP contribution in [0.4, 0.5) is 0 Å². The summed E-state index contributed by atoms with van der Waals surface area (Å²) >= 11 is 0. The summed E-state index contributed by atoms with van der Waals surface area (Å²) in [6.45, 7) is 8.35. The molecule has 0 aliphatic carbocycles. The fraction of sp³-hybridized carbons (Fsp3) is 0.625. The van der Waals surface area contributed by atoms with Crippen molar-refractivity contribution in [1.82, 2.24) is 5.32 Å². The smallest absolute Gasteiger partial charge is 0.0526 e. The van der Waals surface area contributed by atoms with Crippen molar-refractivity contribution in [3.05, 3.63) is 35.4 Å². The Kier molecular flexibility index (Phi) is 6.37. The highest BCUT2D eigenvalue weighted by molar-refractivity contribution is 5.25. The van der Waals surface area contributed by atoms with Crippen molar-refractivity contribution in [2.24, 2.45) is 0 Å². The van der Waals surface area contributed by atoms with Crippen LogP contribution >= 0.6 is 0 Å². The molecule has 102 valence electrons. The SMILES string of the molecule is CCc1ccc(C(CC)NC(C)CC(C)O)cc1. The summed E-state index contributed by atoms with van der Waals surface area (Å²) in [5.41, 5.74) is 2.72. The van der Waals surface area contributed by atoms with Crippen molar-refractivity contribution in [3.63, 3.8) is 0 Å². The number of benzene rings is 1. The molecule has 0 spiro atoms. The monoisotopic (exact) mass is 249 g/mol. The normalized spacial score (nSPS) is 16.3. The van der Waals surface area contributed by atoms with Gasteiger partial charge >= 0.3 is 0 Å². The lowest BCUT2D eigenvalue weighted by atomic mass is 10.0. The molecule has 2 nitrogen and oxygen atoms in total.